The number of hydrogen-bond donors (Lipinski definition) is 2. The zero-order valence-corrected chi connectivity index (χ0v) is 8.53. The summed E-state index contributed by atoms with van der Waals surface area (Å²) in [5, 5.41) is 9.58. The summed E-state index contributed by atoms with van der Waals surface area (Å²) in [4.78, 5) is 11.7. The lowest BCUT2D eigenvalue weighted by Crippen LogP contribution is -2.46. The highest BCUT2D eigenvalue weighted by atomic mass is 16.5. The van der Waals surface area contributed by atoms with Gasteiger partial charge in [0.25, 0.3) is 0 Å². The maximum absolute atomic E-state index is 11.7. The van der Waals surface area contributed by atoms with Gasteiger partial charge in [-0.25, -0.2) is 0 Å². The van der Waals surface area contributed by atoms with Crippen molar-refractivity contribution in [1.82, 2.24) is 15.8 Å². The molecule has 1 aliphatic heterocycles. The number of amides is 1. The van der Waals surface area contributed by atoms with Crippen molar-refractivity contribution >= 4 is 5.91 Å². The number of rotatable bonds is 3. The molecule has 2 N–H and O–H groups in total. The molecule has 1 aromatic heterocycles. The van der Waals surface area contributed by atoms with Crippen LogP contribution in [-0.4, -0.2) is 23.7 Å². The number of nitrogens with one attached hydrogen (secondary N) is 2. The van der Waals surface area contributed by atoms with Crippen LogP contribution in [0.5, 0.6) is 0 Å². The van der Waals surface area contributed by atoms with Gasteiger partial charge >= 0.3 is 0 Å². The van der Waals surface area contributed by atoms with Crippen molar-refractivity contribution in [3.63, 3.8) is 0 Å². The van der Waals surface area contributed by atoms with E-state index in [4.69, 9.17) is 4.52 Å². The summed E-state index contributed by atoms with van der Waals surface area (Å²) >= 11 is 0. The fourth-order valence-electron chi connectivity index (χ4n) is 1.71. The van der Waals surface area contributed by atoms with E-state index in [1.165, 1.54) is 0 Å². The van der Waals surface area contributed by atoms with Gasteiger partial charge in [-0.3, -0.25) is 4.79 Å². The number of nitrogens with zero attached hydrogens (tertiary/aromatic N) is 1. The van der Waals surface area contributed by atoms with E-state index < -0.39 is 0 Å². The second kappa shape index (κ2) is 4.93. The fourth-order valence-corrected chi connectivity index (χ4v) is 1.71. The van der Waals surface area contributed by atoms with Crippen molar-refractivity contribution in [3.8, 4) is 0 Å². The Hall–Kier alpha value is -1.36. The van der Waals surface area contributed by atoms with Crippen LogP contribution < -0.4 is 10.6 Å². The third kappa shape index (κ3) is 2.79. The largest absolute Gasteiger partial charge is 0.360 e. The van der Waals surface area contributed by atoms with Crippen LogP contribution >= 0.6 is 0 Å². The van der Waals surface area contributed by atoms with Crippen molar-refractivity contribution in [1.29, 1.82) is 0 Å². The molecule has 1 atom stereocenters. The molecule has 1 fully saturated rings. The second-order valence-corrected chi connectivity index (χ2v) is 3.70. The van der Waals surface area contributed by atoms with Gasteiger partial charge in [-0.1, -0.05) is 11.6 Å². The normalized spacial score (nSPS) is 21.2. The molecule has 0 radical (unpaired) electrons. The SMILES string of the molecule is O=C(NCc1ccno1)[C@@H]1CCCCN1. The predicted molar refractivity (Wildman–Crippen MR) is 54.0 cm³/mol. The first-order valence-electron chi connectivity index (χ1n) is 5.27. The molecule has 0 aromatic carbocycles. The minimum Gasteiger partial charge on any atom is -0.360 e. The number of carbonyl (C=O) groups excluding carboxylic acids is 1. The van der Waals surface area contributed by atoms with E-state index in [0.717, 1.165) is 25.8 Å². The van der Waals surface area contributed by atoms with Crippen LogP contribution in [0.2, 0.25) is 0 Å². The minimum absolute atomic E-state index is 0.0401. The van der Waals surface area contributed by atoms with Crippen LogP contribution in [0.1, 0.15) is 25.0 Å². The summed E-state index contributed by atoms with van der Waals surface area (Å²) in [6, 6.07) is 1.70. The minimum atomic E-state index is -0.0401. The highest BCUT2D eigenvalue weighted by Gasteiger charge is 2.19. The highest BCUT2D eigenvalue weighted by molar-refractivity contribution is 5.81. The van der Waals surface area contributed by atoms with Gasteiger partial charge in [0.05, 0.1) is 18.8 Å². The van der Waals surface area contributed by atoms with Gasteiger partial charge < -0.3 is 15.2 Å². The molecule has 0 unspecified atom stereocenters. The smallest absolute Gasteiger partial charge is 0.237 e. The topological polar surface area (TPSA) is 67.2 Å². The Kier molecular flexibility index (Phi) is 3.34. The first-order valence-corrected chi connectivity index (χ1v) is 5.27. The van der Waals surface area contributed by atoms with E-state index >= 15 is 0 Å². The lowest BCUT2D eigenvalue weighted by atomic mass is 10.0. The van der Waals surface area contributed by atoms with Gasteiger partial charge in [0.1, 0.15) is 0 Å². The average molecular weight is 209 g/mol. The first kappa shape index (κ1) is 10.2. The van der Waals surface area contributed by atoms with Crippen LogP contribution in [0, 0.1) is 0 Å². The Labute approximate surface area is 88.2 Å². The van der Waals surface area contributed by atoms with E-state index in [1.807, 2.05) is 0 Å². The molecule has 2 rings (SSSR count). The molecule has 0 spiro atoms. The Bertz CT molecular complexity index is 304. The molecule has 1 aromatic rings. The van der Waals surface area contributed by atoms with E-state index in [2.05, 4.69) is 15.8 Å². The Morgan fingerprint density at radius 2 is 2.60 bits per heavy atom. The lowest BCUT2D eigenvalue weighted by molar-refractivity contribution is -0.123. The molecule has 0 bridgehead atoms. The molecule has 2 heterocycles. The van der Waals surface area contributed by atoms with Crippen molar-refractivity contribution in [3.05, 3.63) is 18.0 Å². The molecule has 1 amide bonds. The third-order valence-corrected chi connectivity index (χ3v) is 2.55. The van der Waals surface area contributed by atoms with Crippen molar-refractivity contribution in [2.45, 2.75) is 31.8 Å². The molecule has 1 aliphatic rings. The van der Waals surface area contributed by atoms with E-state index in [-0.39, 0.29) is 11.9 Å². The van der Waals surface area contributed by atoms with Crippen LogP contribution in [0.25, 0.3) is 0 Å². The molecular formula is C10H15N3O2. The van der Waals surface area contributed by atoms with Gasteiger partial charge in [0.2, 0.25) is 5.91 Å². The quantitative estimate of drug-likeness (QED) is 0.757. The summed E-state index contributed by atoms with van der Waals surface area (Å²) in [6.45, 7) is 1.34. The monoisotopic (exact) mass is 209 g/mol. The maximum Gasteiger partial charge on any atom is 0.237 e. The van der Waals surface area contributed by atoms with E-state index in [1.54, 1.807) is 12.3 Å². The van der Waals surface area contributed by atoms with Crippen LogP contribution in [0.15, 0.2) is 16.8 Å². The number of hydrogen-bond acceptors (Lipinski definition) is 4. The van der Waals surface area contributed by atoms with E-state index in [9.17, 15) is 4.79 Å². The average Bonchev–Trinajstić information content (AvgIpc) is 2.80. The van der Waals surface area contributed by atoms with Crippen LogP contribution in [0.4, 0.5) is 0 Å². The van der Waals surface area contributed by atoms with Gasteiger partial charge in [0, 0.05) is 6.07 Å². The lowest BCUT2D eigenvalue weighted by Gasteiger charge is -2.22. The van der Waals surface area contributed by atoms with E-state index in [0.29, 0.717) is 12.3 Å². The summed E-state index contributed by atoms with van der Waals surface area (Å²) in [7, 11) is 0. The molecular weight excluding hydrogens is 194 g/mol. The van der Waals surface area contributed by atoms with Crippen molar-refractivity contribution in [2.24, 2.45) is 0 Å². The summed E-state index contributed by atoms with van der Waals surface area (Å²) < 4.78 is 4.89. The summed E-state index contributed by atoms with van der Waals surface area (Å²) in [5.74, 6) is 0.727. The Balaban J connectivity index is 1.76. The summed E-state index contributed by atoms with van der Waals surface area (Å²) in [5.41, 5.74) is 0. The van der Waals surface area contributed by atoms with Gasteiger partial charge in [-0.15, -0.1) is 0 Å². The molecule has 15 heavy (non-hydrogen) atoms. The van der Waals surface area contributed by atoms with Gasteiger partial charge in [-0.05, 0) is 19.4 Å². The van der Waals surface area contributed by atoms with Crippen molar-refractivity contribution < 1.29 is 9.32 Å². The zero-order chi connectivity index (χ0) is 10.5. The molecule has 5 heteroatoms. The molecule has 82 valence electrons. The van der Waals surface area contributed by atoms with Crippen molar-refractivity contribution in [2.75, 3.05) is 6.54 Å². The van der Waals surface area contributed by atoms with Crippen LogP contribution in [-0.2, 0) is 11.3 Å². The Morgan fingerprint density at radius 1 is 1.67 bits per heavy atom. The second-order valence-electron chi connectivity index (χ2n) is 3.70. The maximum atomic E-state index is 11.7. The predicted octanol–water partition coefficient (Wildman–Crippen LogP) is 0.433. The number of aromatic nitrogens is 1. The number of carbonyl (C=O) groups is 1. The Morgan fingerprint density at radius 3 is 3.27 bits per heavy atom. The summed E-state index contributed by atoms with van der Waals surface area (Å²) in [6.07, 6.45) is 4.77. The molecule has 1 saturated heterocycles. The standard InChI is InChI=1S/C10H15N3O2/c14-10(9-3-1-2-5-11-9)12-7-8-4-6-13-15-8/h4,6,9,11H,1-3,5,7H2,(H,12,14)/t9-/m0/s1. The van der Waals surface area contributed by atoms with Crippen LogP contribution in [0.3, 0.4) is 0 Å². The number of piperidine rings is 1. The fraction of sp³-hybridized carbons (Fsp3) is 0.600. The third-order valence-electron chi connectivity index (χ3n) is 2.55. The molecule has 0 aliphatic carbocycles. The highest BCUT2D eigenvalue weighted by Crippen LogP contribution is 2.07. The van der Waals surface area contributed by atoms with Gasteiger partial charge in [0.15, 0.2) is 5.76 Å². The molecule has 0 saturated carbocycles. The zero-order valence-electron chi connectivity index (χ0n) is 8.53. The first-order chi connectivity index (χ1) is 7.36. The molecule has 5 nitrogen and oxygen atoms in total. The van der Waals surface area contributed by atoms with Gasteiger partial charge in [-0.2, -0.15) is 0 Å².